The second kappa shape index (κ2) is 6.92. The molecule has 7 aliphatic carbocycles. The van der Waals surface area contributed by atoms with Gasteiger partial charge < -0.3 is 0 Å². The van der Waals surface area contributed by atoms with Crippen LogP contribution in [0, 0.1) is 71.0 Å². The van der Waals surface area contributed by atoms with Crippen molar-refractivity contribution >= 4 is 11.6 Å². The molecule has 0 aromatic heterocycles. The summed E-state index contributed by atoms with van der Waals surface area (Å²) in [6.07, 6.45) is 18.4. The lowest BCUT2D eigenvalue weighted by molar-refractivity contribution is -0.131. The smallest absolute Gasteiger partial charge is 0.139 e. The fourth-order valence-electron chi connectivity index (χ4n) is 11.0. The zero-order valence-electron chi connectivity index (χ0n) is 18.6. The Balaban J connectivity index is 1.14. The van der Waals surface area contributed by atoms with Crippen LogP contribution in [0.2, 0.25) is 0 Å². The monoisotopic (exact) mass is 408 g/mol. The summed E-state index contributed by atoms with van der Waals surface area (Å²) in [5, 5.41) is 0. The van der Waals surface area contributed by atoms with Gasteiger partial charge in [0.05, 0.1) is 0 Å². The average Bonchev–Trinajstić information content (AvgIpc) is 3.23. The third kappa shape index (κ3) is 2.54. The van der Waals surface area contributed by atoms with Crippen LogP contribution in [0.1, 0.15) is 89.9 Å². The van der Waals surface area contributed by atoms with E-state index in [-0.39, 0.29) is 0 Å². The summed E-state index contributed by atoms with van der Waals surface area (Å²) in [6.45, 7) is 0. The zero-order chi connectivity index (χ0) is 20.0. The van der Waals surface area contributed by atoms with Crippen molar-refractivity contribution in [3.63, 3.8) is 0 Å². The average molecular weight is 409 g/mol. The summed E-state index contributed by atoms with van der Waals surface area (Å²) >= 11 is 0. The molecule has 0 aliphatic heterocycles. The molecule has 0 spiro atoms. The molecular weight excluding hydrogens is 368 g/mol. The van der Waals surface area contributed by atoms with Crippen LogP contribution in [-0.4, -0.2) is 11.6 Å². The van der Waals surface area contributed by atoms with Crippen LogP contribution in [0.15, 0.2) is 0 Å². The van der Waals surface area contributed by atoms with E-state index in [1.54, 1.807) is 0 Å². The Kier molecular flexibility index (Phi) is 4.35. The van der Waals surface area contributed by atoms with Gasteiger partial charge in [0.1, 0.15) is 11.6 Å². The highest BCUT2D eigenvalue weighted by Gasteiger charge is 2.60. The van der Waals surface area contributed by atoms with Crippen molar-refractivity contribution in [2.45, 2.75) is 89.9 Å². The lowest BCUT2D eigenvalue weighted by atomic mass is 9.52. The maximum Gasteiger partial charge on any atom is 0.139 e. The maximum atomic E-state index is 13.6. The first kappa shape index (κ1) is 18.9. The van der Waals surface area contributed by atoms with Crippen LogP contribution in [-0.2, 0) is 9.59 Å². The van der Waals surface area contributed by atoms with Gasteiger partial charge in [-0.3, -0.25) is 9.59 Å². The van der Waals surface area contributed by atoms with E-state index in [1.807, 2.05) is 0 Å². The number of Topliss-reactive ketones (excluding diaryl/α,β-unsaturated/α-hetero) is 2. The van der Waals surface area contributed by atoms with E-state index in [9.17, 15) is 9.59 Å². The molecule has 7 rings (SSSR count). The number of carbonyl (C=O) groups is 2. The molecule has 0 radical (unpaired) electrons. The lowest BCUT2D eigenvalue weighted by Crippen LogP contribution is -2.46. The first-order valence-corrected chi connectivity index (χ1v) is 13.8. The fourth-order valence-corrected chi connectivity index (χ4v) is 11.0. The van der Waals surface area contributed by atoms with Gasteiger partial charge in [-0.2, -0.15) is 0 Å². The molecule has 164 valence electrons. The van der Waals surface area contributed by atoms with Gasteiger partial charge in [-0.15, -0.1) is 0 Å². The molecule has 2 heteroatoms. The van der Waals surface area contributed by atoms with E-state index in [4.69, 9.17) is 0 Å². The minimum absolute atomic E-state index is 0.420. The first-order chi connectivity index (χ1) is 14.7. The molecule has 7 aliphatic rings. The highest BCUT2D eigenvalue weighted by atomic mass is 16.1. The number of ketones is 2. The van der Waals surface area contributed by atoms with Crippen LogP contribution in [0.3, 0.4) is 0 Å². The first-order valence-electron chi connectivity index (χ1n) is 13.8. The summed E-state index contributed by atoms with van der Waals surface area (Å²) in [5.41, 5.74) is 0. The zero-order valence-corrected chi connectivity index (χ0v) is 18.6. The quantitative estimate of drug-likeness (QED) is 0.487. The molecule has 0 aromatic rings. The molecule has 0 saturated heterocycles. The Morgan fingerprint density at radius 3 is 1.87 bits per heavy atom. The predicted molar refractivity (Wildman–Crippen MR) is 117 cm³/mol. The molecule has 7 fully saturated rings. The van der Waals surface area contributed by atoms with Gasteiger partial charge in [-0.1, -0.05) is 25.7 Å². The third-order valence-electron chi connectivity index (χ3n) is 12.1. The van der Waals surface area contributed by atoms with Crippen molar-refractivity contribution in [3.05, 3.63) is 0 Å². The minimum Gasteiger partial charge on any atom is -0.299 e. The summed E-state index contributed by atoms with van der Waals surface area (Å²) in [7, 11) is 0. The Bertz CT molecular complexity index is 741. The van der Waals surface area contributed by atoms with E-state index < -0.39 is 0 Å². The largest absolute Gasteiger partial charge is 0.299 e. The van der Waals surface area contributed by atoms with Crippen LogP contribution in [0.4, 0.5) is 0 Å². The van der Waals surface area contributed by atoms with Crippen LogP contribution >= 0.6 is 0 Å². The standard InChI is InChI=1S/C28H40O2/c29-27-21-7-3-2-6-19(21)24-13-17-12-23-15(11-16(17)14-25(24)27)9-10-20-18-5-1-4-8-22(18)28(30)26(20)23/h15-26H,1-14H2. The summed E-state index contributed by atoms with van der Waals surface area (Å²) in [6, 6.07) is 0. The Hall–Kier alpha value is -0.660. The van der Waals surface area contributed by atoms with E-state index in [0.717, 1.165) is 41.3 Å². The SMILES string of the molecule is O=C1C2CCCCC2C2CC3CC4C(CCC5C6CCCCC6C(=O)C45)CC3CC12. The Morgan fingerprint density at radius 1 is 0.433 bits per heavy atom. The van der Waals surface area contributed by atoms with E-state index in [2.05, 4.69) is 0 Å². The van der Waals surface area contributed by atoms with Gasteiger partial charge in [0.25, 0.3) is 0 Å². The van der Waals surface area contributed by atoms with E-state index in [0.29, 0.717) is 41.3 Å². The van der Waals surface area contributed by atoms with Gasteiger partial charge in [-0.25, -0.2) is 0 Å². The van der Waals surface area contributed by atoms with Crippen LogP contribution in [0.5, 0.6) is 0 Å². The highest BCUT2D eigenvalue weighted by Crippen LogP contribution is 2.63. The number of hydrogen-bond acceptors (Lipinski definition) is 2. The predicted octanol–water partition coefficient (Wildman–Crippen LogP) is 6.08. The molecule has 0 amide bonds. The normalized spacial score (nSPS) is 56.9. The van der Waals surface area contributed by atoms with Crippen molar-refractivity contribution in [2.75, 3.05) is 0 Å². The van der Waals surface area contributed by atoms with Gasteiger partial charge in [0, 0.05) is 23.7 Å². The molecule has 0 aromatic carbocycles. The number of rotatable bonds is 0. The highest BCUT2D eigenvalue weighted by molar-refractivity contribution is 5.87. The second-order valence-corrected chi connectivity index (χ2v) is 12.8. The molecule has 12 atom stereocenters. The van der Waals surface area contributed by atoms with Crippen molar-refractivity contribution in [1.82, 2.24) is 0 Å². The minimum atomic E-state index is 0.420. The van der Waals surface area contributed by atoms with Crippen molar-refractivity contribution < 1.29 is 9.59 Å². The van der Waals surface area contributed by atoms with Crippen molar-refractivity contribution in [3.8, 4) is 0 Å². The van der Waals surface area contributed by atoms with E-state index in [1.165, 1.54) is 89.9 Å². The molecule has 0 N–H and O–H groups in total. The molecular formula is C28H40O2. The topological polar surface area (TPSA) is 34.1 Å². The number of hydrogen-bond donors (Lipinski definition) is 0. The number of fused-ring (bicyclic) bond motifs is 9. The van der Waals surface area contributed by atoms with E-state index >= 15 is 0 Å². The Morgan fingerprint density at radius 2 is 1.07 bits per heavy atom. The van der Waals surface area contributed by atoms with Gasteiger partial charge in [-0.05, 0) is 112 Å². The molecule has 0 heterocycles. The summed E-state index contributed by atoms with van der Waals surface area (Å²) in [4.78, 5) is 26.8. The van der Waals surface area contributed by atoms with Gasteiger partial charge in [0.15, 0.2) is 0 Å². The van der Waals surface area contributed by atoms with Crippen molar-refractivity contribution in [1.29, 1.82) is 0 Å². The molecule has 7 saturated carbocycles. The maximum absolute atomic E-state index is 13.6. The molecule has 0 bridgehead atoms. The summed E-state index contributed by atoms with van der Waals surface area (Å²) < 4.78 is 0. The fraction of sp³-hybridized carbons (Fsp3) is 0.929. The van der Waals surface area contributed by atoms with Crippen LogP contribution < -0.4 is 0 Å². The number of carbonyl (C=O) groups excluding carboxylic acids is 2. The third-order valence-corrected chi connectivity index (χ3v) is 12.1. The lowest BCUT2D eigenvalue weighted by Gasteiger charge is -2.52. The summed E-state index contributed by atoms with van der Waals surface area (Å²) in [5.74, 6) is 9.19. The van der Waals surface area contributed by atoms with Crippen molar-refractivity contribution in [2.24, 2.45) is 71.0 Å². The molecule has 2 nitrogen and oxygen atoms in total. The van der Waals surface area contributed by atoms with Gasteiger partial charge >= 0.3 is 0 Å². The van der Waals surface area contributed by atoms with Gasteiger partial charge in [0.2, 0.25) is 0 Å². The molecule has 30 heavy (non-hydrogen) atoms. The second-order valence-electron chi connectivity index (χ2n) is 12.8. The Labute approximate surface area is 182 Å². The molecule has 12 unspecified atom stereocenters. The van der Waals surface area contributed by atoms with Crippen LogP contribution in [0.25, 0.3) is 0 Å².